The lowest BCUT2D eigenvalue weighted by molar-refractivity contribution is -0.117. The predicted molar refractivity (Wildman–Crippen MR) is 99.1 cm³/mol. The van der Waals surface area contributed by atoms with Gasteiger partial charge in [0.15, 0.2) is 0 Å². The Morgan fingerprint density at radius 3 is 3.04 bits per heavy atom. The van der Waals surface area contributed by atoms with E-state index in [4.69, 9.17) is 4.74 Å². The largest absolute Gasteiger partial charge is 0.378 e. The summed E-state index contributed by atoms with van der Waals surface area (Å²) in [6.07, 6.45) is 0.378. The van der Waals surface area contributed by atoms with Crippen LogP contribution in [0.5, 0.6) is 0 Å². The molecule has 130 valence electrons. The fraction of sp³-hybridized carbons (Fsp3) is 0.375. The minimum atomic E-state index is -0.0517. The topological polar surface area (TPSA) is 68.2 Å². The van der Waals surface area contributed by atoms with E-state index >= 15 is 0 Å². The van der Waals surface area contributed by atoms with Crippen molar-refractivity contribution >= 4 is 40.1 Å². The Balaban J connectivity index is 0.00000208. The third-order valence-corrected chi connectivity index (χ3v) is 4.08. The molecule has 2 N–H and O–H groups in total. The van der Waals surface area contributed by atoms with Crippen molar-refractivity contribution in [1.29, 1.82) is 0 Å². The van der Waals surface area contributed by atoms with Gasteiger partial charge in [-0.05, 0) is 25.1 Å². The Labute approximate surface area is 155 Å². The summed E-state index contributed by atoms with van der Waals surface area (Å²) < 4.78 is 8.08. The number of ether oxygens (including phenoxy) is 1. The second kappa shape index (κ2) is 8.62. The number of amides is 1. The smallest absolute Gasteiger partial charge is 0.227 e. The molecule has 3 rings (SSSR count). The van der Waals surface area contributed by atoms with Crippen molar-refractivity contribution in [1.82, 2.24) is 15.1 Å². The number of carbonyl (C=O) groups excluding carboxylic acids is 1. The maximum absolute atomic E-state index is 12.3. The fourth-order valence-corrected chi connectivity index (χ4v) is 2.95. The SMILES string of the molecule is Cc1cc(NC(=O)CC2COCCN2)n(-c2cccc(Br)c2)n1.Cl. The summed E-state index contributed by atoms with van der Waals surface area (Å²) in [5, 5.41) is 10.7. The molecular formula is C16H20BrClN4O2. The highest BCUT2D eigenvalue weighted by Gasteiger charge is 2.18. The summed E-state index contributed by atoms with van der Waals surface area (Å²) >= 11 is 3.46. The zero-order valence-electron chi connectivity index (χ0n) is 13.3. The first-order valence-corrected chi connectivity index (χ1v) is 8.35. The van der Waals surface area contributed by atoms with Gasteiger partial charge in [0.2, 0.25) is 5.91 Å². The summed E-state index contributed by atoms with van der Waals surface area (Å²) in [4.78, 5) is 12.3. The summed E-state index contributed by atoms with van der Waals surface area (Å²) in [6.45, 7) is 3.96. The molecule has 1 aliphatic rings. The molecular weight excluding hydrogens is 396 g/mol. The van der Waals surface area contributed by atoms with Crippen LogP contribution < -0.4 is 10.6 Å². The average Bonchev–Trinajstić information content (AvgIpc) is 2.88. The third kappa shape index (κ3) is 4.80. The lowest BCUT2D eigenvalue weighted by Crippen LogP contribution is -2.43. The second-order valence-electron chi connectivity index (χ2n) is 5.54. The number of hydrogen-bond donors (Lipinski definition) is 2. The zero-order chi connectivity index (χ0) is 16.2. The van der Waals surface area contributed by atoms with Gasteiger partial charge in [0.05, 0.1) is 24.6 Å². The van der Waals surface area contributed by atoms with Crippen molar-refractivity contribution < 1.29 is 9.53 Å². The van der Waals surface area contributed by atoms with Gasteiger partial charge in [0, 0.05) is 29.5 Å². The number of hydrogen-bond acceptors (Lipinski definition) is 4. The monoisotopic (exact) mass is 414 g/mol. The van der Waals surface area contributed by atoms with Crippen LogP contribution in [-0.4, -0.2) is 41.5 Å². The molecule has 0 radical (unpaired) electrons. The Bertz CT molecular complexity index is 701. The van der Waals surface area contributed by atoms with Crippen LogP contribution in [0.4, 0.5) is 5.82 Å². The van der Waals surface area contributed by atoms with E-state index in [-0.39, 0.29) is 24.4 Å². The van der Waals surface area contributed by atoms with Crippen LogP contribution in [0.3, 0.4) is 0 Å². The quantitative estimate of drug-likeness (QED) is 0.805. The molecule has 8 heteroatoms. The molecule has 2 aromatic rings. The first-order chi connectivity index (χ1) is 11.1. The minimum Gasteiger partial charge on any atom is -0.378 e. The van der Waals surface area contributed by atoms with Gasteiger partial charge in [-0.15, -0.1) is 12.4 Å². The van der Waals surface area contributed by atoms with Crippen LogP contribution in [0.1, 0.15) is 12.1 Å². The summed E-state index contributed by atoms with van der Waals surface area (Å²) in [6, 6.07) is 9.72. The number of aromatic nitrogens is 2. The standard InChI is InChI=1S/C16H19BrN4O2.ClH/c1-11-7-15(19-16(22)9-13-10-23-6-5-18-13)21(20-11)14-4-2-3-12(17)8-14;/h2-4,7-8,13,18H,5-6,9-10H2,1H3,(H,19,22);1H. The summed E-state index contributed by atoms with van der Waals surface area (Å²) in [5.41, 5.74) is 1.74. The average molecular weight is 416 g/mol. The molecule has 1 amide bonds. The molecule has 1 aromatic heterocycles. The molecule has 2 heterocycles. The fourth-order valence-electron chi connectivity index (χ4n) is 2.56. The van der Waals surface area contributed by atoms with Crippen molar-refractivity contribution in [2.24, 2.45) is 0 Å². The van der Waals surface area contributed by atoms with E-state index in [1.807, 2.05) is 37.3 Å². The first kappa shape index (κ1) is 18.9. The number of rotatable bonds is 4. The van der Waals surface area contributed by atoms with E-state index in [0.717, 1.165) is 22.4 Å². The van der Waals surface area contributed by atoms with Crippen LogP contribution >= 0.6 is 28.3 Å². The molecule has 1 atom stereocenters. The zero-order valence-corrected chi connectivity index (χ0v) is 15.7. The summed E-state index contributed by atoms with van der Waals surface area (Å²) in [5.74, 6) is 0.617. The molecule has 0 aliphatic carbocycles. The van der Waals surface area contributed by atoms with Gasteiger partial charge in [-0.2, -0.15) is 5.10 Å². The van der Waals surface area contributed by atoms with Crippen molar-refractivity contribution in [3.05, 3.63) is 40.5 Å². The van der Waals surface area contributed by atoms with Crippen LogP contribution in [0.25, 0.3) is 5.69 Å². The van der Waals surface area contributed by atoms with Crippen molar-refractivity contribution in [2.45, 2.75) is 19.4 Å². The number of benzene rings is 1. The van der Waals surface area contributed by atoms with Gasteiger partial charge in [-0.25, -0.2) is 4.68 Å². The van der Waals surface area contributed by atoms with Gasteiger partial charge in [-0.1, -0.05) is 22.0 Å². The van der Waals surface area contributed by atoms with E-state index in [9.17, 15) is 4.79 Å². The van der Waals surface area contributed by atoms with E-state index in [1.54, 1.807) is 4.68 Å². The van der Waals surface area contributed by atoms with Gasteiger partial charge < -0.3 is 15.4 Å². The Morgan fingerprint density at radius 2 is 2.33 bits per heavy atom. The minimum absolute atomic E-state index is 0. The second-order valence-corrected chi connectivity index (χ2v) is 6.46. The molecule has 0 saturated carbocycles. The number of carbonyl (C=O) groups is 1. The molecule has 6 nitrogen and oxygen atoms in total. The number of nitrogens with one attached hydrogen (secondary N) is 2. The van der Waals surface area contributed by atoms with Crippen LogP contribution in [0.2, 0.25) is 0 Å². The van der Waals surface area contributed by atoms with E-state index in [0.29, 0.717) is 25.5 Å². The van der Waals surface area contributed by atoms with Gasteiger partial charge >= 0.3 is 0 Å². The number of nitrogens with zero attached hydrogens (tertiary/aromatic N) is 2. The molecule has 1 aliphatic heterocycles. The number of anilines is 1. The molecule has 1 saturated heterocycles. The van der Waals surface area contributed by atoms with Crippen molar-refractivity contribution in [2.75, 3.05) is 25.1 Å². The Morgan fingerprint density at radius 1 is 1.50 bits per heavy atom. The highest BCUT2D eigenvalue weighted by Crippen LogP contribution is 2.20. The molecule has 1 unspecified atom stereocenters. The van der Waals surface area contributed by atoms with Crippen molar-refractivity contribution in [3.63, 3.8) is 0 Å². The third-order valence-electron chi connectivity index (χ3n) is 3.58. The molecule has 1 fully saturated rings. The maximum atomic E-state index is 12.3. The van der Waals surface area contributed by atoms with Gasteiger partial charge in [0.25, 0.3) is 0 Å². The lowest BCUT2D eigenvalue weighted by Gasteiger charge is -2.23. The Kier molecular flexibility index (Phi) is 6.79. The molecule has 0 spiro atoms. The number of aryl methyl sites for hydroxylation is 1. The van der Waals surface area contributed by atoms with Crippen LogP contribution in [0.15, 0.2) is 34.8 Å². The van der Waals surface area contributed by atoms with Crippen LogP contribution in [0, 0.1) is 6.92 Å². The number of morpholine rings is 1. The van der Waals surface area contributed by atoms with E-state index in [1.165, 1.54) is 0 Å². The molecule has 24 heavy (non-hydrogen) atoms. The molecule has 0 bridgehead atoms. The molecule has 1 aromatic carbocycles. The van der Waals surface area contributed by atoms with Gasteiger partial charge in [0.1, 0.15) is 5.82 Å². The predicted octanol–water partition coefficient (Wildman–Crippen LogP) is 2.68. The highest BCUT2D eigenvalue weighted by molar-refractivity contribution is 9.10. The van der Waals surface area contributed by atoms with E-state index in [2.05, 4.69) is 31.7 Å². The highest BCUT2D eigenvalue weighted by atomic mass is 79.9. The van der Waals surface area contributed by atoms with Crippen molar-refractivity contribution in [3.8, 4) is 5.69 Å². The Hall–Kier alpha value is -1.41. The lowest BCUT2D eigenvalue weighted by atomic mass is 10.2. The number of halogens is 2. The van der Waals surface area contributed by atoms with Crippen LogP contribution in [-0.2, 0) is 9.53 Å². The summed E-state index contributed by atoms with van der Waals surface area (Å²) in [7, 11) is 0. The maximum Gasteiger partial charge on any atom is 0.227 e. The van der Waals surface area contributed by atoms with Gasteiger partial charge in [-0.3, -0.25) is 4.79 Å². The first-order valence-electron chi connectivity index (χ1n) is 7.55. The van der Waals surface area contributed by atoms with E-state index < -0.39 is 0 Å². The normalized spacial score (nSPS) is 17.2.